The van der Waals surface area contributed by atoms with Gasteiger partial charge in [-0.3, -0.25) is 9.59 Å². The summed E-state index contributed by atoms with van der Waals surface area (Å²) < 4.78 is 5.00. The Kier molecular flexibility index (Phi) is 8.26. The number of benzene rings is 2. The molecule has 2 atom stereocenters. The van der Waals surface area contributed by atoms with Crippen molar-refractivity contribution < 1.29 is 19.1 Å². The first-order valence-corrected chi connectivity index (χ1v) is 10.1. The lowest BCUT2D eigenvalue weighted by Gasteiger charge is -2.22. The first-order valence-electron chi connectivity index (χ1n) is 9.20. The van der Waals surface area contributed by atoms with Crippen molar-refractivity contribution in [2.75, 3.05) is 11.9 Å². The molecule has 0 heterocycles. The first-order chi connectivity index (χ1) is 13.4. The number of esters is 1. The standard InChI is InChI=1S/C22H25NO4S/c1-4-27-22(26)18-11-8-12-19(14-18)23-21(25)20(15(2)28-16(3)24)13-17-9-6-5-7-10-17/h5-12,14-15,20H,4,13H2,1-3H3,(H,23,25). The molecule has 6 heteroatoms. The van der Waals surface area contributed by atoms with Crippen LogP contribution in [0.4, 0.5) is 5.69 Å². The molecule has 1 N–H and O–H groups in total. The van der Waals surface area contributed by atoms with Crippen LogP contribution in [0.15, 0.2) is 54.6 Å². The second-order valence-electron chi connectivity index (χ2n) is 6.40. The largest absolute Gasteiger partial charge is 0.462 e. The van der Waals surface area contributed by atoms with Crippen molar-refractivity contribution in [2.45, 2.75) is 32.4 Å². The predicted molar refractivity (Wildman–Crippen MR) is 112 cm³/mol. The zero-order valence-corrected chi connectivity index (χ0v) is 17.1. The summed E-state index contributed by atoms with van der Waals surface area (Å²) in [6.45, 7) is 5.41. The molecule has 0 aliphatic carbocycles. The van der Waals surface area contributed by atoms with E-state index in [-0.39, 0.29) is 22.9 Å². The van der Waals surface area contributed by atoms with Crippen molar-refractivity contribution in [3.8, 4) is 0 Å². The Bertz CT molecular complexity index is 822. The molecule has 0 saturated carbocycles. The van der Waals surface area contributed by atoms with Gasteiger partial charge >= 0.3 is 5.97 Å². The molecule has 0 aliphatic rings. The van der Waals surface area contributed by atoms with Crippen LogP contribution in [0.25, 0.3) is 0 Å². The number of nitrogens with one attached hydrogen (secondary N) is 1. The van der Waals surface area contributed by atoms with Crippen LogP contribution in [0.5, 0.6) is 0 Å². The van der Waals surface area contributed by atoms with Gasteiger partial charge in [0, 0.05) is 17.9 Å². The Morgan fingerprint density at radius 1 is 1.07 bits per heavy atom. The number of carbonyl (C=O) groups is 3. The quantitative estimate of drug-likeness (QED) is 0.669. The van der Waals surface area contributed by atoms with E-state index in [2.05, 4.69) is 5.32 Å². The highest BCUT2D eigenvalue weighted by Crippen LogP contribution is 2.25. The summed E-state index contributed by atoms with van der Waals surface area (Å²) in [5.41, 5.74) is 1.93. The van der Waals surface area contributed by atoms with Crippen molar-refractivity contribution in [1.82, 2.24) is 0 Å². The summed E-state index contributed by atoms with van der Waals surface area (Å²) in [7, 11) is 0. The summed E-state index contributed by atoms with van der Waals surface area (Å²) in [5.74, 6) is -1.02. The van der Waals surface area contributed by atoms with Crippen molar-refractivity contribution >= 4 is 34.4 Å². The summed E-state index contributed by atoms with van der Waals surface area (Å²) in [4.78, 5) is 36.5. The van der Waals surface area contributed by atoms with Crippen LogP contribution in [0.2, 0.25) is 0 Å². The van der Waals surface area contributed by atoms with Gasteiger partial charge in [0.1, 0.15) is 0 Å². The van der Waals surface area contributed by atoms with E-state index in [1.807, 2.05) is 37.3 Å². The second-order valence-corrected chi connectivity index (χ2v) is 7.96. The minimum atomic E-state index is -0.431. The number of carbonyl (C=O) groups excluding carboxylic acids is 3. The minimum absolute atomic E-state index is 0.0253. The monoisotopic (exact) mass is 399 g/mol. The van der Waals surface area contributed by atoms with E-state index < -0.39 is 11.9 Å². The lowest BCUT2D eigenvalue weighted by Crippen LogP contribution is -2.32. The fraction of sp³-hybridized carbons (Fsp3) is 0.318. The molecule has 148 valence electrons. The topological polar surface area (TPSA) is 72.5 Å². The maximum atomic E-state index is 13.0. The smallest absolute Gasteiger partial charge is 0.338 e. The molecule has 2 aromatic rings. The van der Waals surface area contributed by atoms with Gasteiger partial charge in [-0.25, -0.2) is 4.79 Å². The van der Waals surface area contributed by atoms with Crippen LogP contribution in [0.3, 0.4) is 0 Å². The highest BCUT2D eigenvalue weighted by atomic mass is 32.2. The Hall–Kier alpha value is -2.60. The van der Waals surface area contributed by atoms with E-state index in [1.165, 1.54) is 6.92 Å². The number of hydrogen-bond donors (Lipinski definition) is 1. The van der Waals surface area contributed by atoms with Crippen molar-refractivity contribution in [2.24, 2.45) is 5.92 Å². The van der Waals surface area contributed by atoms with Gasteiger partial charge in [0.2, 0.25) is 5.91 Å². The summed E-state index contributed by atoms with van der Waals surface area (Å²) in [6, 6.07) is 16.4. The Morgan fingerprint density at radius 3 is 2.43 bits per heavy atom. The third-order valence-corrected chi connectivity index (χ3v) is 5.23. The van der Waals surface area contributed by atoms with Crippen molar-refractivity contribution in [3.63, 3.8) is 0 Å². The van der Waals surface area contributed by atoms with Gasteiger partial charge in [-0.05, 0) is 37.1 Å². The van der Waals surface area contributed by atoms with Gasteiger partial charge in [-0.15, -0.1) is 0 Å². The Labute approximate surface area is 169 Å². The normalized spacial score (nSPS) is 12.7. The highest BCUT2D eigenvalue weighted by Gasteiger charge is 2.27. The van der Waals surface area contributed by atoms with Gasteiger partial charge < -0.3 is 10.1 Å². The molecular formula is C22H25NO4S. The van der Waals surface area contributed by atoms with Gasteiger partial charge in [0.15, 0.2) is 5.12 Å². The van der Waals surface area contributed by atoms with Crippen LogP contribution in [0.1, 0.15) is 36.7 Å². The first kappa shape index (κ1) is 21.7. The number of rotatable bonds is 8. The van der Waals surface area contributed by atoms with E-state index >= 15 is 0 Å². The maximum absolute atomic E-state index is 13.0. The van der Waals surface area contributed by atoms with Crippen LogP contribution >= 0.6 is 11.8 Å². The summed E-state index contributed by atoms with van der Waals surface area (Å²) in [6.07, 6.45) is 0.520. The van der Waals surface area contributed by atoms with E-state index in [0.29, 0.717) is 17.7 Å². The molecular weight excluding hydrogens is 374 g/mol. The minimum Gasteiger partial charge on any atom is -0.462 e. The van der Waals surface area contributed by atoms with Crippen LogP contribution in [-0.2, 0) is 20.7 Å². The fourth-order valence-corrected chi connectivity index (χ4v) is 3.76. The van der Waals surface area contributed by atoms with Gasteiger partial charge in [-0.2, -0.15) is 0 Å². The Balaban J connectivity index is 2.18. The fourth-order valence-electron chi connectivity index (χ4n) is 2.86. The zero-order chi connectivity index (χ0) is 20.5. The highest BCUT2D eigenvalue weighted by molar-refractivity contribution is 8.14. The van der Waals surface area contributed by atoms with Gasteiger partial charge in [0.25, 0.3) is 0 Å². The van der Waals surface area contributed by atoms with Crippen LogP contribution in [0, 0.1) is 5.92 Å². The summed E-state index contributed by atoms with van der Waals surface area (Å²) in [5, 5.41) is 2.67. The molecule has 5 nitrogen and oxygen atoms in total. The summed E-state index contributed by atoms with van der Waals surface area (Å²) >= 11 is 1.16. The lowest BCUT2D eigenvalue weighted by atomic mass is 9.95. The number of amides is 1. The SMILES string of the molecule is CCOC(=O)c1cccc(NC(=O)C(Cc2ccccc2)C(C)SC(C)=O)c1. The molecule has 0 bridgehead atoms. The van der Waals surface area contributed by atoms with E-state index in [1.54, 1.807) is 31.2 Å². The molecule has 1 amide bonds. The molecule has 2 unspecified atom stereocenters. The van der Waals surface area contributed by atoms with Crippen LogP contribution < -0.4 is 5.32 Å². The van der Waals surface area contributed by atoms with E-state index in [0.717, 1.165) is 17.3 Å². The maximum Gasteiger partial charge on any atom is 0.338 e. The molecule has 0 spiro atoms. The molecule has 0 saturated heterocycles. The van der Waals surface area contributed by atoms with Crippen LogP contribution in [-0.4, -0.2) is 28.8 Å². The third kappa shape index (κ3) is 6.53. The average Bonchev–Trinajstić information content (AvgIpc) is 2.66. The van der Waals surface area contributed by atoms with E-state index in [4.69, 9.17) is 4.74 Å². The lowest BCUT2D eigenvalue weighted by molar-refractivity contribution is -0.119. The number of hydrogen-bond acceptors (Lipinski definition) is 5. The molecule has 2 rings (SSSR count). The zero-order valence-electron chi connectivity index (χ0n) is 16.3. The predicted octanol–water partition coefficient (Wildman–Crippen LogP) is 4.33. The van der Waals surface area contributed by atoms with E-state index in [9.17, 15) is 14.4 Å². The van der Waals surface area contributed by atoms with Crippen molar-refractivity contribution in [3.05, 3.63) is 65.7 Å². The molecule has 2 aromatic carbocycles. The van der Waals surface area contributed by atoms with Gasteiger partial charge in [-0.1, -0.05) is 55.1 Å². The molecule has 0 fully saturated rings. The number of thioether (sulfide) groups is 1. The number of ether oxygens (including phenoxy) is 1. The molecule has 28 heavy (non-hydrogen) atoms. The third-order valence-electron chi connectivity index (χ3n) is 4.19. The molecule has 0 aromatic heterocycles. The van der Waals surface area contributed by atoms with Crippen molar-refractivity contribution in [1.29, 1.82) is 0 Å². The number of anilines is 1. The van der Waals surface area contributed by atoms with Gasteiger partial charge in [0.05, 0.1) is 18.1 Å². The Morgan fingerprint density at radius 2 is 1.79 bits per heavy atom. The second kappa shape index (κ2) is 10.7. The average molecular weight is 400 g/mol. The molecule has 0 aliphatic heterocycles. The molecule has 0 radical (unpaired) electrons.